The fourth-order valence-corrected chi connectivity index (χ4v) is 3.92. The predicted octanol–water partition coefficient (Wildman–Crippen LogP) is 7.32. The molecule has 0 fully saturated rings. The number of nitrogens with zero attached hydrogens (tertiary/aromatic N) is 2. The standard InChI is InChI=1S/C26H19Cl2F3N2O3/c1-2-35-23-13-16(8-11-22(23)36-15-17-9-10-18(27)14-21(17)28)12-20-24(26(29,30)31)32-33(25(20)34)19-6-4-3-5-7-19/h3-14H,2,15H2,1H3/b20-12-. The molecule has 1 heterocycles. The Morgan fingerprint density at radius 1 is 0.972 bits per heavy atom. The predicted molar refractivity (Wildman–Crippen MR) is 134 cm³/mol. The minimum atomic E-state index is -4.82. The lowest BCUT2D eigenvalue weighted by atomic mass is 10.1. The second-order valence-corrected chi connectivity index (χ2v) is 8.46. The number of alkyl halides is 3. The van der Waals surface area contributed by atoms with Crippen LogP contribution in [-0.2, 0) is 11.4 Å². The Balaban J connectivity index is 1.64. The van der Waals surface area contributed by atoms with Crippen molar-refractivity contribution in [2.24, 2.45) is 5.10 Å². The quantitative estimate of drug-likeness (QED) is 0.298. The molecular formula is C26H19Cl2F3N2O3. The Morgan fingerprint density at radius 3 is 2.39 bits per heavy atom. The SMILES string of the molecule is CCOc1cc(/C=C2\C(=O)N(c3ccccc3)N=C2C(F)(F)F)ccc1OCc1ccc(Cl)cc1Cl. The van der Waals surface area contributed by atoms with Crippen LogP contribution in [0.2, 0.25) is 10.0 Å². The van der Waals surface area contributed by atoms with Crippen molar-refractivity contribution in [2.75, 3.05) is 11.6 Å². The zero-order chi connectivity index (χ0) is 25.9. The van der Waals surface area contributed by atoms with Gasteiger partial charge in [0.2, 0.25) is 0 Å². The number of ether oxygens (including phenoxy) is 2. The molecule has 186 valence electrons. The maximum absolute atomic E-state index is 13.7. The molecule has 1 aliphatic heterocycles. The Bertz CT molecular complexity index is 1340. The maximum atomic E-state index is 13.7. The molecule has 0 aromatic heterocycles. The molecule has 0 aliphatic carbocycles. The van der Waals surface area contributed by atoms with Crippen molar-refractivity contribution in [3.63, 3.8) is 0 Å². The highest BCUT2D eigenvalue weighted by Gasteiger charge is 2.46. The van der Waals surface area contributed by atoms with E-state index in [1.165, 1.54) is 24.3 Å². The smallest absolute Gasteiger partial charge is 0.435 e. The number of carbonyl (C=O) groups is 1. The molecule has 0 saturated heterocycles. The monoisotopic (exact) mass is 534 g/mol. The topological polar surface area (TPSA) is 51.1 Å². The van der Waals surface area contributed by atoms with E-state index in [0.717, 1.165) is 11.1 Å². The highest BCUT2D eigenvalue weighted by molar-refractivity contribution is 6.35. The van der Waals surface area contributed by atoms with Gasteiger partial charge in [-0.25, -0.2) is 0 Å². The second-order valence-electron chi connectivity index (χ2n) is 7.62. The zero-order valence-corrected chi connectivity index (χ0v) is 20.4. The molecule has 10 heteroatoms. The first-order valence-electron chi connectivity index (χ1n) is 10.8. The highest BCUT2D eigenvalue weighted by atomic mass is 35.5. The summed E-state index contributed by atoms with van der Waals surface area (Å²) in [5, 5.41) is 5.24. The Hall–Kier alpha value is -3.49. The number of rotatable bonds is 7. The van der Waals surface area contributed by atoms with Gasteiger partial charge in [-0.1, -0.05) is 53.5 Å². The van der Waals surface area contributed by atoms with Gasteiger partial charge in [0.15, 0.2) is 17.2 Å². The second kappa shape index (κ2) is 10.6. The summed E-state index contributed by atoms with van der Waals surface area (Å²) in [6, 6.07) is 17.5. The van der Waals surface area contributed by atoms with Crippen LogP contribution < -0.4 is 14.5 Å². The number of hydrogen-bond donors (Lipinski definition) is 0. The number of benzene rings is 3. The van der Waals surface area contributed by atoms with Crippen LogP contribution in [0.15, 0.2) is 77.4 Å². The van der Waals surface area contributed by atoms with Crippen LogP contribution in [0.5, 0.6) is 11.5 Å². The van der Waals surface area contributed by atoms with Gasteiger partial charge in [-0.15, -0.1) is 0 Å². The minimum absolute atomic E-state index is 0.117. The molecule has 0 unspecified atom stereocenters. The maximum Gasteiger partial charge on any atom is 0.435 e. The number of anilines is 1. The Kier molecular flexibility index (Phi) is 7.56. The average Bonchev–Trinajstić information content (AvgIpc) is 3.17. The molecular weight excluding hydrogens is 516 g/mol. The molecule has 0 atom stereocenters. The van der Waals surface area contributed by atoms with Crippen molar-refractivity contribution in [3.8, 4) is 11.5 Å². The fraction of sp³-hybridized carbons (Fsp3) is 0.154. The largest absolute Gasteiger partial charge is 0.490 e. The van der Waals surface area contributed by atoms with Gasteiger partial charge in [-0.05, 0) is 55.0 Å². The van der Waals surface area contributed by atoms with Crippen LogP contribution in [0.1, 0.15) is 18.1 Å². The van der Waals surface area contributed by atoms with Crippen molar-refractivity contribution in [1.82, 2.24) is 0 Å². The van der Waals surface area contributed by atoms with E-state index in [9.17, 15) is 18.0 Å². The molecule has 3 aromatic rings. The molecule has 0 N–H and O–H groups in total. The number of carbonyl (C=O) groups excluding carboxylic acids is 1. The van der Waals surface area contributed by atoms with E-state index in [1.807, 2.05) is 0 Å². The summed E-state index contributed by atoms with van der Waals surface area (Å²) in [5.41, 5.74) is -0.612. The van der Waals surface area contributed by atoms with E-state index in [4.69, 9.17) is 32.7 Å². The lowest BCUT2D eigenvalue weighted by molar-refractivity contribution is -0.114. The Labute approximate surface area is 215 Å². The lowest BCUT2D eigenvalue weighted by Gasteiger charge is -2.14. The van der Waals surface area contributed by atoms with Gasteiger partial charge in [-0.2, -0.15) is 23.3 Å². The van der Waals surface area contributed by atoms with Gasteiger partial charge in [0.05, 0.1) is 17.9 Å². The minimum Gasteiger partial charge on any atom is -0.490 e. The summed E-state index contributed by atoms with van der Waals surface area (Å²) < 4.78 is 52.7. The van der Waals surface area contributed by atoms with Gasteiger partial charge in [0, 0.05) is 15.6 Å². The van der Waals surface area contributed by atoms with Crippen LogP contribution in [0.25, 0.3) is 6.08 Å². The zero-order valence-electron chi connectivity index (χ0n) is 18.9. The number of hydrogen-bond acceptors (Lipinski definition) is 4. The van der Waals surface area contributed by atoms with Crippen molar-refractivity contribution in [1.29, 1.82) is 0 Å². The third-order valence-electron chi connectivity index (χ3n) is 5.12. The summed E-state index contributed by atoms with van der Waals surface area (Å²) in [4.78, 5) is 12.9. The van der Waals surface area contributed by atoms with Crippen molar-refractivity contribution in [2.45, 2.75) is 19.7 Å². The van der Waals surface area contributed by atoms with Gasteiger partial charge in [-0.3, -0.25) is 4.79 Å². The number of hydrazone groups is 1. The Morgan fingerprint density at radius 2 is 1.72 bits per heavy atom. The summed E-state index contributed by atoms with van der Waals surface area (Å²) in [6.07, 6.45) is -3.69. The van der Waals surface area contributed by atoms with Gasteiger partial charge >= 0.3 is 6.18 Å². The summed E-state index contributed by atoms with van der Waals surface area (Å²) >= 11 is 12.1. The normalized spacial score (nSPS) is 14.8. The molecule has 0 radical (unpaired) electrons. The first-order valence-corrected chi connectivity index (χ1v) is 11.5. The van der Waals surface area contributed by atoms with Crippen LogP contribution in [-0.4, -0.2) is 24.4 Å². The lowest BCUT2D eigenvalue weighted by Crippen LogP contribution is -2.25. The van der Waals surface area contributed by atoms with Crippen molar-refractivity contribution < 1.29 is 27.4 Å². The van der Waals surface area contributed by atoms with Gasteiger partial charge < -0.3 is 9.47 Å². The highest BCUT2D eigenvalue weighted by Crippen LogP contribution is 2.35. The molecule has 3 aromatic carbocycles. The summed E-state index contributed by atoms with van der Waals surface area (Å²) in [5.74, 6) is -0.227. The third kappa shape index (κ3) is 5.66. The van der Waals surface area contributed by atoms with E-state index in [1.54, 1.807) is 49.4 Å². The van der Waals surface area contributed by atoms with Gasteiger partial charge in [0.25, 0.3) is 5.91 Å². The van der Waals surface area contributed by atoms with Crippen LogP contribution in [0.3, 0.4) is 0 Å². The molecule has 0 bridgehead atoms. The third-order valence-corrected chi connectivity index (χ3v) is 5.71. The molecule has 0 spiro atoms. The summed E-state index contributed by atoms with van der Waals surface area (Å²) in [6.45, 7) is 2.16. The number of para-hydroxylation sites is 1. The number of halogens is 5. The van der Waals surface area contributed by atoms with E-state index < -0.39 is 23.4 Å². The van der Waals surface area contributed by atoms with Crippen LogP contribution in [0.4, 0.5) is 18.9 Å². The van der Waals surface area contributed by atoms with E-state index >= 15 is 0 Å². The molecule has 0 saturated carbocycles. The molecule has 36 heavy (non-hydrogen) atoms. The van der Waals surface area contributed by atoms with Crippen LogP contribution >= 0.6 is 23.2 Å². The van der Waals surface area contributed by atoms with Crippen LogP contribution in [0, 0.1) is 0 Å². The molecule has 5 nitrogen and oxygen atoms in total. The first-order chi connectivity index (χ1) is 17.2. The van der Waals surface area contributed by atoms with E-state index in [-0.39, 0.29) is 18.9 Å². The fourth-order valence-electron chi connectivity index (χ4n) is 3.46. The molecule has 1 aliphatic rings. The van der Waals surface area contributed by atoms with Crippen molar-refractivity contribution >= 4 is 46.6 Å². The van der Waals surface area contributed by atoms with Gasteiger partial charge in [0.1, 0.15) is 6.61 Å². The first kappa shape index (κ1) is 25.6. The van der Waals surface area contributed by atoms with E-state index in [0.29, 0.717) is 32.7 Å². The number of amides is 1. The van der Waals surface area contributed by atoms with Crippen molar-refractivity contribution in [3.05, 3.63) is 93.5 Å². The van der Waals surface area contributed by atoms with E-state index in [2.05, 4.69) is 5.10 Å². The average molecular weight is 535 g/mol. The molecule has 1 amide bonds. The molecule has 4 rings (SSSR count). The summed E-state index contributed by atoms with van der Waals surface area (Å²) in [7, 11) is 0.